The van der Waals surface area contributed by atoms with E-state index in [4.69, 9.17) is 0 Å². The van der Waals surface area contributed by atoms with E-state index < -0.39 is 33.8 Å². The topological polar surface area (TPSA) is 107 Å². The van der Waals surface area contributed by atoms with Crippen molar-refractivity contribution in [1.82, 2.24) is 10.2 Å². The van der Waals surface area contributed by atoms with Gasteiger partial charge >= 0.3 is 6.18 Å². The molecule has 1 saturated heterocycles. The van der Waals surface area contributed by atoms with E-state index in [1.165, 1.54) is 25.2 Å². The summed E-state index contributed by atoms with van der Waals surface area (Å²) in [5, 5.41) is 16.4. The molecular formula is C40H46F3N3O5S2. The predicted octanol–water partition coefficient (Wildman–Crippen LogP) is 7.75. The lowest BCUT2D eigenvalue weighted by atomic mass is 9.85. The number of alkyl halides is 3. The lowest BCUT2D eigenvalue weighted by Gasteiger charge is -2.26. The highest BCUT2D eigenvalue weighted by Crippen LogP contribution is 2.36. The predicted molar refractivity (Wildman–Crippen MR) is 203 cm³/mol. The van der Waals surface area contributed by atoms with Gasteiger partial charge in [0.2, 0.25) is 10.0 Å². The van der Waals surface area contributed by atoms with E-state index in [-0.39, 0.29) is 53.6 Å². The van der Waals surface area contributed by atoms with E-state index in [9.17, 15) is 36.3 Å². The van der Waals surface area contributed by atoms with Gasteiger partial charge in [-0.3, -0.25) is 13.9 Å². The summed E-state index contributed by atoms with van der Waals surface area (Å²) >= 11 is 1.58. The van der Waals surface area contributed by atoms with Gasteiger partial charge in [0.1, 0.15) is 0 Å². The molecule has 0 aliphatic carbocycles. The number of amides is 1. The molecule has 8 nitrogen and oxygen atoms in total. The zero-order chi connectivity index (χ0) is 38.3. The van der Waals surface area contributed by atoms with Crippen LogP contribution in [0.2, 0.25) is 0 Å². The lowest BCUT2D eigenvalue weighted by Crippen LogP contribution is -2.34. The number of nitrogens with zero attached hydrogens (tertiary/aromatic N) is 2. The first-order valence-electron chi connectivity index (χ1n) is 17.7. The minimum Gasteiger partial charge on any atom is -0.392 e. The molecule has 4 unspecified atom stereocenters. The maximum Gasteiger partial charge on any atom is 0.416 e. The highest BCUT2D eigenvalue weighted by molar-refractivity contribution is 7.92. The molecule has 2 N–H and O–H groups in total. The van der Waals surface area contributed by atoms with Crippen LogP contribution in [0.5, 0.6) is 0 Å². The highest BCUT2D eigenvalue weighted by Gasteiger charge is 2.33. The fraction of sp³-hybridized carbons (Fsp3) is 0.400. The van der Waals surface area contributed by atoms with Crippen LogP contribution in [0.1, 0.15) is 80.9 Å². The van der Waals surface area contributed by atoms with Crippen LogP contribution < -0.4 is 9.62 Å². The molecule has 1 aliphatic heterocycles. The highest BCUT2D eigenvalue weighted by atomic mass is 32.2. The Morgan fingerprint density at radius 3 is 2.38 bits per heavy atom. The molecule has 1 aliphatic rings. The van der Waals surface area contributed by atoms with Gasteiger partial charge in [-0.1, -0.05) is 61.5 Å². The Labute approximate surface area is 313 Å². The number of aliphatic hydroxyl groups is 1. The number of hydrogen-bond donors (Lipinski definition) is 2. The number of Topliss-reactive ketones (excluding diaryl/α,β-unsaturated/α-hetero) is 1. The first-order chi connectivity index (χ1) is 25.1. The number of anilines is 1. The number of nitrogens with one attached hydrogen (secondary N) is 1. The quantitative estimate of drug-likeness (QED) is 0.113. The summed E-state index contributed by atoms with van der Waals surface area (Å²) in [6.45, 7) is 2.60. The standard InChI is InChI=1S/C40H46F3N3O5S2/c1-27(16-17-30(20-28-10-5-4-6-11-28)36(47)26-44-25-29-12-7-13-33(21-29)40(41,42)43)38(48)31-22-32(24-34(23-31)45(2)53(3,50)51)39(49)46-18-8-14-35(46)37-15-9-19-52-37/h4-7,9-13,15,19,21-24,27,30,35-36,44,47H,8,14,16-18,20,25-26H2,1-3H3. The monoisotopic (exact) mass is 769 g/mol. The summed E-state index contributed by atoms with van der Waals surface area (Å²) < 4.78 is 65.8. The Morgan fingerprint density at radius 1 is 0.981 bits per heavy atom. The van der Waals surface area contributed by atoms with Crippen molar-refractivity contribution in [1.29, 1.82) is 0 Å². The van der Waals surface area contributed by atoms with Crippen molar-refractivity contribution in [2.75, 3.05) is 30.7 Å². The van der Waals surface area contributed by atoms with Crippen molar-refractivity contribution in [2.24, 2.45) is 11.8 Å². The fourth-order valence-corrected chi connectivity index (χ4v) is 8.18. The van der Waals surface area contributed by atoms with E-state index in [1.54, 1.807) is 35.3 Å². The second-order valence-electron chi connectivity index (χ2n) is 13.9. The van der Waals surface area contributed by atoms with Crippen molar-refractivity contribution >= 4 is 38.7 Å². The summed E-state index contributed by atoms with van der Waals surface area (Å²) in [6.07, 6.45) is -1.24. The van der Waals surface area contributed by atoms with Gasteiger partial charge in [0.15, 0.2) is 5.78 Å². The van der Waals surface area contributed by atoms with Crippen molar-refractivity contribution in [3.05, 3.63) is 123 Å². The summed E-state index contributed by atoms with van der Waals surface area (Å²) in [5.74, 6) is -1.35. The Balaban J connectivity index is 1.32. The van der Waals surface area contributed by atoms with E-state index in [0.29, 0.717) is 31.4 Å². The first-order valence-corrected chi connectivity index (χ1v) is 20.4. The maximum atomic E-state index is 14.0. The fourth-order valence-electron chi connectivity index (χ4n) is 6.82. The van der Waals surface area contributed by atoms with Crippen molar-refractivity contribution in [3.8, 4) is 0 Å². The summed E-state index contributed by atoms with van der Waals surface area (Å²) in [7, 11) is -2.32. The van der Waals surface area contributed by atoms with Crippen LogP contribution in [-0.2, 0) is 29.2 Å². The molecule has 53 heavy (non-hydrogen) atoms. The Morgan fingerprint density at radius 2 is 1.70 bits per heavy atom. The number of rotatable bonds is 16. The molecule has 0 bridgehead atoms. The SMILES string of the molecule is CC(CCC(Cc1ccccc1)C(O)CNCc1cccc(C(F)(F)F)c1)C(=O)c1cc(C(=O)N2CCCC2c2cccs2)cc(N(C)S(C)(=O)=O)c1. The molecule has 1 fully saturated rings. The van der Waals surface area contributed by atoms with Crippen LogP contribution in [0.3, 0.4) is 0 Å². The van der Waals surface area contributed by atoms with Gasteiger partial charge in [-0.15, -0.1) is 11.3 Å². The summed E-state index contributed by atoms with van der Waals surface area (Å²) in [6, 6.07) is 23.1. The lowest BCUT2D eigenvalue weighted by molar-refractivity contribution is -0.137. The minimum atomic E-state index is -4.45. The molecule has 4 aromatic rings. The number of carbonyl (C=O) groups is 2. The van der Waals surface area contributed by atoms with Crippen LogP contribution in [0.25, 0.3) is 0 Å². The smallest absolute Gasteiger partial charge is 0.392 e. The van der Waals surface area contributed by atoms with Gasteiger partial charge < -0.3 is 15.3 Å². The number of benzene rings is 3. The third-order valence-electron chi connectivity index (χ3n) is 9.94. The number of halogens is 3. The molecular weight excluding hydrogens is 724 g/mol. The molecule has 0 saturated carbocycles. The molecule has 4 atom stereocenters. The molecule has 3 aromatic carbocycles. The van der Waals surface area contributed by atoms with E-state index >= 15 is 0 Å². The zero-order valence-electron chi connectivity index (χ0n) is 30.1. The number of sulfonamides is 1. The van der Waals surface area contributed by atoms with Crippen LogP contribution in [0, 0.1) is 11.8 Å². The average Bonchev–Trinajstić information content (AvgIpc) is 3.85. The van der Waals surface area contributed by atoms with Gasteiger partial charge in [-0.2, -0.15) is 13.2 Å². The van der Waals surface area contributed by atoms with Crippen LogP contribution in [0.4, 0.5) is 18.9 Å². The zero-order valence-corrected chi connectivity index (χ0v) is 31.7. The number of ketones is 1. The second kappa shape index (κ2) is 17.4. The van der Waals surface area contributed by atoms with Gasteiger partial charge in [0.25, 0.3) is 5.91 Å². The molecule has 1 amide bonds. The van der Waals surface area contributed by atoms with Crippen LogP contribution >= 0.6 is 11.3 Å². The number of hydrogen-bond acceptors (Lipinski definition) is 7. The minimum absolute atomic E-state index is 0.0932. The van der Waals surface area contributed by atoms with E-state index in [1.807, 2.05) is 47.8 Å². The number of aliphatic hydroxyl groups excluding tert-OH is 1. The third-order valence-corrected chi connectivity index (χ3v) is 12.1. The molecule has 2 heterocycles. The van der Waals surface area contributed by atoms with Gasteiger partial charge in [0, 0.05) is 48.6 Å². The molecule has 1 aromatic heterocycles. The summed E-state index contributed by atoms with van der Waals surface area (Å²) in [5.41, 5.74) is 1.38. The first kappa shape index (κ1) is 40.2. The van der Waals surface area contributed by atoms with E-state index in [0.717, 1.165) is 46.0 Å². The average molecular weight is 770 g/mol. The summed E-state index contributed by atoms with van der Waals surface area (Å²) in [4.78, 5) is 30.9. The van der Waals surface area contributed by atoms with Crippen LogP contribution in [-0.4, -0.2) is 62.6 Å². The van der Waals surface area contributed by atoms with Gasteiger partial charge in [0.05, 0.1) is 29.7 Å². The largest absolute Gasteiger partial charge is 0.416 e. The van der Waals surface area contributed by atoms with Crippen molar-refractivity contribution in [3.63, 3.8) is 0 Å². The molecule has 284 valence electrons. The number of likely N-dealkylation sites (tertiary alicyclic amines) is 1. The second-order valence-corrected chi connectivity index (χ2v) is 16.9. The normalized spacial score (nSPS) is 16.7. The Hall–Kier alpha value is -4.04. The third kappa shape index (κ3) is 10.6. The van der Waals surface area contributed by atoms with E-state index in [2.05, 4.69) is 5.32 Å². The van der Waals surface area contributed by atoms with Crippen molar-refractivity contribution in [2.45, 2.75) is 63.9 Å². The Kier molecular flexibility index (Phi) is 13.2. The van der Waals surface area contributed by atoms with Gasteiger partial charge in [-0.25, -0.2) is 8.42 Å². The van der Waals surface area contributed by atoms with Crippen LogP contribution in [0.15, 0.2) is 90.3 Å². The van der Waals surface area contributed by atoms with Crippen molar-refractivity contribution < 1.29 is 36.3 Å². The molecule has 0 radical (unpaired) electrons. The van der Waals surface area contributed by atoms with Gasteiger partial charge in [-0.05, 0) is 84.9 Å². The number of thiophene rings is 1. The molecule has 5 rings (SSSR count). The number of carbonyl (C=O) groups excluding carboxylic acids is 2. The molecule has 0 spiro atoms. The maximum absolute atomic E-state index is 14.0. The Bertz CT molecular complexity index is 1960. The molecule has 13 heteroatoms.